The van der Waals surface area contributed by atoms with Gasteiger partial charge in [-0.25, -0.2) is 4.21 Å². The summed E-state index contributed by atoms with van der Waals surface area (Å²) in [6, 6.07) is 3.28. The van der Waals surface area contributed by atoms with E-state index in [1.807, 2.05) is 13.8 Å². The average molecular weight is 471 g/mol. The summed E-state index contributed by atoms with van der Waals surface area (Å²) in [4.78, 5) is 22.7. The van der Waals surface area contributed by atoms with Crippen LogP contribution in [-0.4, -0.2) is 54.4 Å². The Morgan fingerprint density at radius 3 is 2.71 bits per heavy atom. The lowest BCUT2D eigenvalue weighted by Gasteiger charge is -2.21. The van der Waals surface area contributed by atoms with Crippen molar-refractivity contribution < 1.29 is 33.5 Å². The molecule has 2 atom stereocenters. The number of Topliss-reactive ketones (excluding diaryl/α,β-unsaturated/α-hetero) is 1. The molecule has 31 heavy (non-hydrogen) atoms. The number of hydrogen-bond acceptors (Lipinski definition) is 7. The van der Waals surface area contributed by atoms with Gasteiger partial charge in [0.1, 0.15) is 16.4 Å². The Morgan fingerprint density at radius 2 is 2.10 bits per heavy atom. The third-order valence-electron chi connectivity index (χ3n) is 5.13. The Morgan fingerprint density at radius 1 is 1.35 bits per heavy atom. The van der Waals surface area contributed by atoms with Crippen LogP contribution in [-0.2, 0) is 27.2 Å². The fourth-order valence-electron chi connectivity index (χ4n) is 3.46. The molecule has 2 N–H and O–H groups in total. The van der Waals surface area contributed by atoms with Crippen molar-refractivity contribution in [2.24, 2.45) is 0 Å². The van der Waals surface area contributed by atoms with Crippen LogP contribution in [0.3, 0.4) is 0 Å². The predicted octanol–water partition coefficient (Wildman–Crippen LogP) is 3.80. The van der Waals surface area contributed by atoms with Gasteiger partial charge >= 0.3 is 5.97 Å². The monoisotopic (exact) mass is 470 g/mol. The SMILES string of the molecule is CCCc1c(OCCCC(=S=O)C2COC(C)(CCC(=O)O)S2)ccc(C(C)=O)c1O. The number of ketones is 1. The Balaban J connectivity index is 1.92. The van der Waals surface area contributed by atoms with Gasteiger partial charge in [0.2, 0.25) is 0 Å². The number of aromatic hydroxyl groups is 1. The normalized spacial score (nSPS) is 20.4. The van der Waals surface area contributed by atoms with E-state index in [0.717, 1.165) is 11.3 Å². The number of ether oxygens (including phenoxy) is 2. The molecule has 0 aliphatic carbocycles. The number of rotatable bonds is 12. The third kappa shape index (κ3) is 7.08. The maximum atomic E-state index is 11.7. The number of carbonyl (C=O) groups is 2. The van der Waals surface area contributed by atoms with Crippen LogP contribution in [0.4, 0.5) is 0 Å². The van der Waals surface area contributed by atoms with Gasteiger partial charge in [0.15, 0.2) is 5.78 Å². The summed E-state index contributed by atoms with van der Waals surface area (Å²) in [5.41, 5.74) is 0.921. The van der Waals surface area contributed by atoms with E-state index >= 15 is 0 Å². The minimum absolute atomic E-state index is 0.0191. The van der Waals surface area contributed by atoms with Gasteiger partial charge in [-0.1, -0.05) is 13.3 Å². The minimum atomic E-state index is -0.863. The second-order valence-corrected chi connectivity index (χ2v) is 10.1. The van der Waals surface area contributed by atoms with Crippen LogP contribution in [0.15, 0.2) is 12.1 Å². The van der Waals surface area contributed by atoms with Crippen LogP contribution < -0.4 is 4.74 Å². The topological polar surface area (TPSA) is 110 Å². The molecule has 0 bridgehead atoms. The van der Waals surface area contributed by atoms with Crippen LogP contribution in [0.5, 0.6) is 11.5 Å². The van der Waals surface area contributed by atoms with Crippen LogP contribution in [0, 0.1) is 0 Å². The van der Waals surface area contributed by atoms with E-state index in [2.05, 4.69) is 0 Å². The molecule has 0 spiro atoms. The molecule has 1 aromatic rings. The Bertz CT molecular complexity index is 864. The minimum Gasteiger partial charge on any atom is -0.507 e. The first kappa shape index (κ1) is 25.4. The molecular weight excluding hydrogens is 440 g/mol. The number of carboxylic acids is 1. The molecule has 0 saturated carbocycles. The smallest absolute Gasteiger partial charge is 0.303 e. The van der Waals surface area contributed by atoms with Crippen molar-refractivity contribution >= 4 is 39.6 Å². The molecule has 1 aliphatic heterocycles. The molecule has 0 amide bonds. The number of hydrogen-bond donors (Lipinski definition) is 2. The first-order valence-electron chi connectivity index (χ1n) is 10.4. The van der Waals surface area contributed by atoms with Gasteiger partial charge < -0.3 is 19.7 Å². The second kappa shape index (κ2) is 11.7. The van der Waals surface area contributed by atoms with Crippen molar-refractivity contribution in [3.05, 3.63) is 23.3 Å². The van der Waals surface area contributed by atoms with Crippen LogP contribution in [0.2, 0.25) is 0 Å². The first-order chi connectivity index (χ1) is 14.7. The van der Waals surface area contributed by atoms with Gasteiger partial charge in [0.05, 0.1) is 35.3 Å². The molecule has 0 aromatic heterocycles. The van der Waals surface area contributed by atoms with Gasteiger partial charge in [-0.3, -0.25) is 9.59 Å². The maximum Gasteiger partial charge on any atom is 0.303 e. The molecule has 1 aromatic carbocycles. The van der Waals surface area contributed by atoms with Crippen molar-refractivity contribution in [2.75, 3.05) is 13.2 Å². The highest BCUT2D eigenvalue weighted by Crippen LogP contribution is 2.42. The number of carbonyl (C=O) groups excluding carboxylic acids is 1. The fraction of sp³-hybridized carbons (Fsp3) is 0.591. The molecule has 1 saturated heterocycles. The summed E-state index contributed by atoms with van der Waals surface area (Å²) in [5.74, 6) is -0.521. The van der Waals surface area contributed by atoms with Gasteiger partial charge in [0, 0.05) is 16.8 Å². The molecule has 7 nitrogen and oxygen atoms in total. The largest absolute Gasteiger partial charge is 0.507 e. The standard InChI is InChI=1S/C22H30O7S2/c1-4-6-16-17(9-8-15(14(2)23)21(16)26)28-12-5-7-18(31-27)19-13-29-22(3,30-19)11-10-20(24)25/h8-9,19,26H,4-7,10-13H2,1-3H3,(H,24,25). The summed E-state index contributed by atoms with van der Waals surface area (Å²) in [6.07, 6.45) is 3.00. The number of benzene rings is 1. The first-order valence-corrected chi connectivity index (χ1v) is 12.0. The molecule has 2 unspecified atom stereocenters. The maximum absolute atomic E-state index is 11.7. The van der Waals surface area contributed by atoms with E-state index in [-0.39, 0.29) is 23.2 Å². The lowest BCUT2D eigenvalue weighted by Crippen LogP contribution is -2.21. The van der Waals surface area contributed by atoms with Crippen molar-refractivity contribution in [3.8, 4) is 11.5 Å². The molecule has 9 heteroatoms. The van der Waals surface area contributed by atoms with E-state index in [0.29, 0.717) is 67.0 Å². The lowest BCUT2D eigenvalue weighted by atomic mass is 10.0. The van der Waals surface area contributed by atoms with Gasteiger partial charge in [-0.05, 0) is 51.7 Å². The zero-order valence-corrected chi connectivity index (χ0v) is 19.8. The molecular formula is C22H30O7S2. The van der Waals surface area contributed by atoms with Crippen molar-refractivity contribution in [2.45, 2.75) is 69.5 Å². The van der Waals surface area contributed by atoms with E-state index in [1.165, 1.54) is 18.7 Å². The van der Waals surface area contributed by atoms with Crippen molar-refractivity contribution in [1.29, 1.82) is 0 Å². The number of carboxylic acid groups (broad SMARTS) is 1. The molecule has 1 heterocycles. The zero-order chi connectivity index (χ0) is 23.0. The summed E-state index contributed by atoms with van der Waals surface area (Å²) in [6.45, 7) is 6.03. The number of phenolic OH excluding ortho intramolecular Hbond substituents is 1. The van der Waals surface area contributed by atoms with E-state index in [4.69, 9.17) is 14.6 Å². The lowest BCUT2D eigenvalue weighted by molar-refractivity contribution is -0.137. The van der Waals surface area contributed by atoms with Gasteiger partial charge in [-0.15, -0.1) is 11.8 Å². The number of phenols is 1. The Hall–Kier alpha value is -1.84. The van der Waals surface area contributed by atoms with Crippen molar-refractivity contribution in [3.63, 3.8) is 0 Å². The zero-order valence-electron chi connectivity index (χ0n) is 18.1. The average Bonchev–Trinajstić information content (AvgIpc) is 3.11. The molecule has 2 rings (SSSR count). The highest BCUT2D eigenvalue weighted by Gasteiger charge is 2.39. The third-order valence-corrected chi connectivity index (χ3v) is 7.51. The summed E-state index contributed by atoms with van der Waals surface area (Å²) >= 11 is 1.98. The van der Waals surface area contributed by atoms with Crippen molar-refractivity contribution in [1.82, 2.24) is 0 Å². The second-order valence-electron chi connectivity index (χ2n) is 7.69. The predicted molar refractivity (Wildman–Crippen MR) is 123 cm³/mol. The highest BCUT2D eigenvalue weighted by atomic mass is 32.2. The molecule has 172 valence electrons. The number of aliphatic carboxylic acids is 1. The molecule has 0 radical (unpaired) electrons. The summed E-state index contributed by atoms with van der Waals surface area (Å²) in [7, 11) is 0. The Kier molecular flexibility index (Phi) is 9.58. The molecule has 1 fully saturated rings. The van der Waals surface area contributed by atoms with Crippen LogP contribution >= 0.6 is 11.8 Å². The summed E-state index contributed by atoms with van der Waals surface area (Å²) in [5, 5.41) is 19.2. The van der Waals surface area contributed by atoms with Crippen LogP contribution in [0.25, 0.3) is 0 Å². The van der Waals surface area contributed by atoms with E-state index in [9.17, 15) is 18.9 Å². The van der Waals surface area contributed by atoms with E-state index in [1.54, 1.807) is 12.1 Å². The van der Waals surface area contributed by atoms with Gasteiger partial charge in [0.25, 0.3) is 0 Å². The fourth-order valence-corrected chi connectivity index (χ4v) is 5.47. The molecule has 1 aliphatic rings. The van der Waals surface area contributed by atoms with Crippen LogP contribution in [0.1, 0.15) is 68.8 Å². The number of thioether (sulfide) groups is 1. The highest BCUT2D eigenvalue weighted by molar-refractivity contribution is 8.02. The van der Waals surface area contributed by atoms with E-state index < -0.39 is 10.9 Å². The quantitative estimate of drug-likeness (QED) is 0.270. The van der Waals surface area contributed by atoms with Gasteiger partial charge in [-0.2, -0.15) is 0 Å². The Labute approximate surface area is 190 Å². The summed E-state index contributed by atoms with van der Waals surface area (Å²) < 4.78 is 23.3.